The van der Waals surface area contributed by atoms with E-state index < -0.39 is 0 Å². The van der Waals surface area contributed by atoms with Crippen LogP contribution in [0.3, 0.4) is 0 Å². The van der Waals surface area contributed by atoms with Crippen molar-refractivity contribution in [3.8, 4) is 5.75 Å². The van der Waals surface area contributed by atoms with Crippen LogP contribution in [0.1, 0.15) is 19.3 Å². The zero-order valence-corrected chi connectivity index (χ0v) is 9.73. The standard InChI is InChI=1S/C14H16N2O/c15-12-6-7-13(17-9-10-3-1-4-10)14-11(12)5-2-8-16-14/h2,5-8,10H,1,3-4,9,15H2. The van der Waals surface area contributed by atoms with Gasteiger partial charge in [0.1, 0.15) is 11.3 Å². The lowest BCUT2D eigenvalue weighted by Gasteiger charge is -2.25. The van der Waals surface area contributed by atoms with Gasteiger partial charge in [0.25, 0.3) is 0 Å². The molecule has 2 N–H and O–H groups in total. The summed E-state index contributed by atoms with van der Waals surface area (Å²) in [7, 11) is 0. The predicted molar refractivity (Wildman–Crippen MR) is 69.0 cm³/mol. The first-order valence-corrected chi connectivity index (χ1v) is 6.10. The lowest BCUT2D eigenvalue weighted by Crippen LogP contribution is -2.19. The second-order valence-corrected chi connectivity index (χ2v) is 4.66. The lowest BCUT2D eigenvalue weighted by atomic mass is 9.86. The molecule has 0 atom stereocenters. The molecule has 0 amide bonds. The van der Waals surface area contributed by atoms with Crippen molar-refractivity contribution in [3.63, 3.8) is 0 Å². The highest BCUT2D eigenvalue weighted by molar-refractivity contribution is 5.94. The number of benzene rings is 1. The number of rotatable bonds is 3. The van der Waals surface area contributed by atoms with Crippen molar-refractivity contribution in [2.24, 2.45) is 5.92 Å². The minimum absolute atomic E-state index is 0.728. The molecule has 0 radical (unpaired) electrons. The normalized spacial score (nSPS) is 15.8. The fourth-order valence-corrected chi connectivity index (χ4v) is 2.15. The van der Waals surface area contributed by atoms with Gasteiger partial charge in [-0.2, -0.15) is 0 Å². The molecule has 1 fully saturated rings. The maximum Gasteiger partial charge on any atom is 0.145 e. The number of nitrogens with two attached hydrogens (primary N) is 1. The van der Waals surface area contributed by atoms with Crippen LogP contribution in [0.15, 0.2) is 30.5 Å². The van der Waals surface area contributed by atoms with Crippen molar-refractivity contribution >= 4 is 16.6 Å². The highest BCUT2D eigenvalue weighted by Crippen LogP contribution is 2.31. The molecule has 1 saturated carbocycles. The molecule has 1 heterocycles. The number of anilines is 1. The summed E-state index contributed by atoms with van der Waals surface area (Å²) in [6, 6.07) is 7.69. The van der Waals surface area contributed by atoms with E-state index in [0.29, 0.717) is 0 Å². The van der Waals surface area contributed by atoms with E-state index in [2.05, 4.69) is 4.98 Å². The number of nitrogen functional groups attached to an aromatic ring is 1. The maximum absolute atomic E-state index is 5.92. The zero-order chi connectivity index (χ0) is 11.7. The van der Waals surface area contributed by atoms with E-state index in [1.165, 1.54) is 19.3 Å². The monoisotopic (exact) mass is 228 g/mol. The van der Waals surface area contributed by atoms with Gasteiger partial charge < -0.3 is 10.5 Å². The predicted octanol–water partition coefficient (Wildman–Crippen LogP) is 3.00. The van der Waals surface area contributed by atoms with Crippen LogP contribution in [0.2, 0.25) is 0 Å². The van der Waals surface area contributed by atoms with E-state index >= 15 is 0 Å². The molecule has 0 bridgehead atoms. The van der Waals surface area contributed by atoms with Crippen molar-refractivity contribution < 1.29 is 4.74 Å². The second kappa shape index (κ2) is 4.24. The summed E-state index contributed by atoms with van der Waals surface area (Å²) in [6.45, 7) is 0.801. The van der Waals surface area contributed by atoms with Crippen LogP contribution in [0.25, 0.3) is 10.9 Å². The minimum atomic E-state index is 0.728. The highest BCUT2D eigenvalue weighted by Gasteiger charge is 2.18. The number of pyridine rings is 1. The molecule has 3 nitrogen and oxygen atoms in total. The van der Waals surface area contributed by atoms with Gasteiger partial charge >= 0.3 is 0 Å². The molecule has 0 unspecified atom stereocenters. The van der Waals surface area contributed by atoms with Gasteiger partial charge in [0, 0.05) is 17.3 Å². The van der Waals surface area contributed by atoms with Crippen molar-refractivity contribution in [3.05, 3.63) is 30.5 Å². The Morgan fingerprint density at radius 3 is 2.94 bits per heavy atom. The minimum Gasteiger partial charge on any atom is -0.491 e. The Balaban J connectivity index is 1.90. The topological polar surface area (TPSA) is 48.1 Å². The Hall–Kier alpha value is -1.77. The first-order chi connectivity index (χ1) is 8.34. The summed E-state index contributed by atoms with van der Waals surface area (Å²) in [4.78, 5) is 4.36. The maximum atomic E-state index is 5.92. The third kappa shape index (κ3) is 1.93. The fraction of sp³-hybridized carbons (Fsp3) is 0.357. The Morgan fingerprint density at radius 2 is 2.18 bits per heavy atom. The molecule has 1 aromatic carbocycles. The van der Waals surface area contributed by atoms with Gasteiger partial charge in [-0.15, -0.1) is 0 Å². The Morgan fingerprint density at radius 1 is 1.29 bits per heavy atom. The number of ether oxygens (including phenoxy) is 1. The van der Waals surface area contributed by atoms with Gasteiger partial charge in [-0.3, -0.25) is 4.98 Å². The van der Waals surface area contributed by atoms with Crippen molar-refractivity contribution in [2.75, 3.05) is 12.3 Å². The highest BCUT2D eigenvalue weighted by atomic mass is 16.5. The molecular formula is C14H16N2O. The van der Waals surface area contributed by atoms with Crippen LogP contribution in [0.4, 0.5) is 5.69 Å². The van der Waals surface area contributed by atoms with Crippen LogP contribution < -0.4 is 10.5 Å². The Labute approximate surface area is 101 Å². The smallest absolute Gasteiger partial charge is 0.145 e. The Kier molecular flexibility index (Phi) is 2.59. The molecule has 0 aliphatic heterocycles. The van der Waals surface area contributed by atoms with Gasteiger partial charge in [0.05, 0.1) is 6.61 Å². The fourth-order valence-electron chi connectivity index (χ4n) is 2.15. The molecule has 1 aromatic heterocycles. The van der Waals surface area contributed by atoms with Crippen molar-refractivity contribution in [1.82, 2.24) is 4.98 Å². The number of aromatic nitrogens is 1. The first-order valence-electron chi connectivity index (χ1n) is 6.10. The second-order valence-electron chi connectivity index (χ2n) is 4.66. The summed E-state index contributed by atoms with van der Waals surface area (Å²) in [5.41, 5.74) is 7.54. The summed E-state index contributed by atoms with van der Waals surface area (Å²) in [6.07, 6.45) is 5.70. The molecule has 2 aromatic rings. The van der Waals surface area contributed by atoms with Crippen LogP contribution in [0, 0.1) is 5.92 Å². The number of hydrogen-bond acceptors (Lipinski definition) is 3. The first kappa shape index (κ1) is 10.4. The van der Waals surface area contributed by atoms with E-state index in [1.807, 2.05) is 24.3 Å². The molecule has 3 rings (SSSR count). The van der Waals surface area contributed by atoms with Crippen LogP contribution in [-0.4, -0.2) is 11.6 Å². The van der Waals surface area contributed by atoms with Gasteiger partial charge in [-0.1, -0.05) is 6.42 Å². The molecule has 0 saturated heterocycles. The average Bonchev–Trinajstić information content (AvgIpc) is 2.30. The van der Waals surface area contributed by atoms with Crippen molar-refractivity contribution in [2.45, 2.75) is 19.3 Å². The quantitative estimate of drug-likeness (QED) is 0.821. The summed E-state index contributed by atoms with van der Waals surface area (Å²) < 4.78 is 5.86. The van der Waals surface area contributed by atoms with Crippen LogP contribution in [-0.2, 0) is 0 Å². The molecule has 17 heavy (non-hydrogen) atoms. The summed E-state index contributed by atoms with van der Waals surface area (Å²) >= 11 is 0. The van der Waals surface area contributed by atoms with E-state index in [4.69, 9.17) is 10.5 Å². The van der Waals surface area contributed by atoms with Gasteiger partial charge in [0.15, 0.2) is 0 Å². The lowest BCUT2D eigenvalue weighted by molar-refractivity contribution is 0.182. The summed E-state index contributed by atoms with van der Waals surface area (Å²) in [5, 5.41) is 0.971. The SMILES string of the molecule is Nc1ccc(OCC2CCC2)c2ncccc12. The molecule has 3 heteroatoms. The van der Waals surface area contributed by atoms with E-state index in [1.54, 1.807) is 6.20 Å². The third-order valence-corrected chi connectivity index (χ3v) is 3.47. The molecule has 88 valence electrons. The summed E-state index contributed by atoms with van der Waals surface area (Å²) in [5.74, 6) is 1.58. The molecule has 0 spiro atoms. The van der Waals surface area contributed by atoms with E-state index in [0.717, 1.165) is 34.9 Å². The average molecular weight is 228 g/mol. The van der Waals surface area contributed by atoms with Gasteiger partial charge in [0.2, 0.25) is 0 Å². The number of hydrogen-bond donors (Lipinski definition) is 1. The van der Waals surface area contributed by atoms with Crippen LogP contribution in [0.5, 0.6) is 5.75 Å². The molecule has 1 aliphatic rings. The van der Waals surface area contributed by atoms with Crippen molar-refractivity contribution in [1.29, 1.82) is 0 Å². The molecule has 1 aliphatic carbocycles. The van der Waals surface area contributed by atoms with Gasteiger partial charge in [-0.25, -0.2) is 0 Å². The van der Waals surface area contributed by atoms with E-state index in [9.17, 15) is 0 Å². The zero-order valence-electron chi connectivity index (χ0n) is 9.73. The Bertz CT molecular complexity index is 535. The number of nitrogens with zero attached hydrogens (tertiary/aromatic N) is 1. The molecular weight excluding hydrogens is 212 g/mol. The van der Waals surface area contributed by atoms with E-state index in [-0.39, 0.29) is 0 Å². The largest absolute Gasteiger partial charge is 0.491 e. The third-order valence-electron chi connectivity index (χ3n) is 3.47. The van der Waals surface area contributed by atoms with Gasteiger partial charge in [-0.05, 0) is 43.0 Å². The number of fused-ring (bicyclic) bond motifs is 1. The van der Waals surface area contributed by atoms with Crippen LogP contribution >= 0.6 is 0 Å².